The maximum Gasteiger partial charge on any atom is 0.255 e. The fraction of sp³-hybridized carbons (Fsp3) is 0.600. The number of carbonyl (C=O) groups is 2. The molecule has 2 amide bonds. The summed E-state index contributed by atoms with van der Waals surface area (Å²) in [7, 11) is 1.64. The number of carbonyl (C=O) groups excluding carboxylic acids is 2. The number of likely N-dealkylation sites (tertiary alicyclic amines) is 1. The van der Waals surface area contributed by atoms with Gasteiger partial charge in [0.1, 0.15) is 0 Å². The number of amides is 2. The average molecular weight is 360 g/mol. The largest absolute Gasteiger partial charge is 0.381 e. The van der Waals surface area contributed by atoms with E-state index in [1.807, 2.05) is 37.3 Å². The van der Waals surface area contributed by atoms with Crippen LogP contribution in [0.1, 0.15) is 31.7 Å². The quantitative estimate of drug-likeness (QED) is 0.868. The number of nitrogens with one attached hydrogen (secondary N) is 1. The molecule has 1 atom stereocenters. The van der Waals surface area contributed by atoms with E-state index in [-0.39, 0.29) is 11.8 Å². The topological polar surface area (TPSA) is 67.9 Å². The highest BCUT2D eigenvalue weighted by Gasteiger charge is 2.49. The van der Waals surface area contributed by atoms with E-state index in [4.69, 9.17) is 9.47 Å². The molecule has 142 valence electrons. The van der Waals surface area contributed by atoms with Gasteiger partial charge in [-0.1, -0.05) is 30.3 Å². The fourth-order valence-corrected chi connectivity index (χ4v) is 3.83. The summed E-state index contributed by atoms with van der Waals surface area (Å²) in [5.41, 5.74) is -0.346. The van der Waals surface area contributed by atoms with Gasteiger partial charge >= 0.3 is 0 Å². The zero-order valence-corrected chi connectivity index (χ0v) is 15.6. The van der Waals surface area contributed by atoms with Crippen LogP contribution in [0.15, 0.2) is 30.3 Å². The molecule has 1 unspecified atom stereocenters. The molecular formula is C20H28N2O4. The van der Waals surface area contributed by atoms with Crippen molar-refractivity contribution in [1.29, 1.82) is 0 Å². The van der Waals surface area contributed by atoms with Crippen LogP contribution in [0.5, 0.6) is 0 Å². The maximum absolute atomic E-state index is 13.4. The van der Waals surface area contributed by atoms with E-state index in [0.29, 0.717) is 52.2 Å². The molecule has 0 bridgehead atoms. The highest BCUT2D eigenvalue weighted by atomic mass is 16.5. The van der Waals surface area contributed by atoms with Crippen LogP contribution < -0.4 is 5.32 Å². The number of nitrogens with zero attached hydrogens (tertiary/aromatic N) is 1. The molecule has 2 saturated heterocycles. The molecule has 2 fully saturated rings. The maximum atomic E-state index is 13.4. The van der Waals surface area contributed by atoms with Gasteiger partial charge in [-0.2, -0.15) is 0 Å². The molecule has 2 aliphatic rings. The lowest BCUT2D eigenvalue weighted by Gasteiger charge is -2.38. The van der Waals surface area contributed by atoms with Gasteiger partial charge < -0.3 is 19.7 Å². The first-order valence-electron chi connectivity index (χ1n) is 9.26. The normalized spacial score (nSPS) is 25.1. The third kappa shape index (κ3) is 3.76. The standard InChI is InChI=1S/C20H28N2O4/c1-19(17(23)21-2)8-11-22(15-19)18(24)20(9-12-25-13-10-20)26-14-16-6-4-3-5-7-16/h3-7H,8-15H2,1-2H3,(H,21,23). The Balaban J connectivity index is 1.73. The minimum atomic E-state index is -0.859. The lowest BCUT2D eigenvalue weighted by atomic mass is 9.88. The Morgan fingerprint density at radius 2 is 1.88 bits per heavy atom. The van der Waals surface area contributed by atoms with Gasteiger partial charge in [-0.05, 0) is 18.9 Å². The SMILES string of the molecule is CNC(=O)C1(C)CCN(C(=O)C2(OCc3ccccc3)CCOCC2)C1. The van der Waals surface area contributed by atoms with Crippen molar-refractivity contribution in [2.45, 2.75) is 38.4 Å². The monoisotopic (exact) mass is 360 g/mol. The molecule has 1 aromatic rings. The molecule has 1 N–H and O–H groups in total. The Labute approximate surface area is 154 Å². The van der Waals surface area contributed by atoms with Crippen LogP contribution in [0.4, 0.5) is 0 Å². The number of hydrogen-bond acceptors (Lipinski definition) is 4. The molecule has 2 heterocycles. The second kappa shape index (κ2) is 7.76. The van der Waals surface area contributed by atoms with E-state index in [1.165, 1.54) is 0 Å². The molecule has 2 aliphatic heterocycles. The third-order valence-electron chi connectivity index (χ3n) is 5.58. The van der Waals surface area contributed by atoms with Gasteiger partial charge in [-0.15, -0.1) is 0 Å². The molecule has 0 aromatic heterocycles. The Morgan fingerprint density at radius 3 is 2.54 bits per heavy atom. The minimum absolute atomic E-state index is 0.00985. The highest BCUT2D eigenvalue weighted by molar-refractivity contribution is 5.88. The molecule has 6 nitrogen and oxygen atoms in total. The van der Waals surface area contributed by atoms with Crippen molar-refractivity contribution in [3.05, 3.63) is 35.9 Å². The summed E-state index contributed by atoms with van der Waals surface area (Å²) in [6, 6.07) is 9.88. The van der Waals surface area contributed by atoms with Gasteiger partial charge in [0, 0.05) is 46.2 Å². The van der Waals surface area contributed by atoms with Gasteiger partial charge in [0.2, 0.25) is 5.91 Å². The molecule has 26 heavy (non-hydrogen) atoms. The summed E-state index contributed by atoms with van der Waals surface area (Å²) >= 11 is 0. The number of benzene rings is 1. The zero-order chi connectivity index (χ0) is 18.6. The first-order valence-corrected chi connectivity index (χ1v) is 9.26. The van der Waals surface area contributed by atoms with Crippen LogP contribution in [0.25, 0.3) is 0 Å². The number of ether oxygens (including phenoxy) is 2. The predicted molar refractivity (Wildman–Crippen MR) is 97.4 cm³/mol. The van der Waals surface area contributed by atoms with Crippen LogP contribution in [0, 0.1) is 5.41 Å². The minimum Gasteiger partial charge on any atom is -0.381 e. The summed E-state index contributed by atoms with van der Waals surface area (Å²) in [5.74, 6) is -0.0246. The molecule has 6 heteroatoms. The Bertz CT molecular complexity index is 642. The van der Waals surface area contributed by atoms with Crippen LogP contribution >= 0.6 is 0 Å². The van der Waals surface area contributed by atoms with Crippen LogP contribution in [-0.2, 0) is 25.7 Å². The molecule has 0 aliphatic carbocycles. The highest BCUT2D eigenvalue weighted by Crippen LogP contribution is 2.35. The first-order chi connectivity index (χ1) is 12.5. The zero-order valence-electron chi connectivity index (χ0n) is 15.6. The summed E-state index contributed by atoms with van der Waals surface area (Å²) in [4.78, 5) is 27.3. The lowest BCUT2D eigenvalue weighted by Crippen LogP contribution is -2.54. The van der Waals surface area contributed by atoms with Crippen molar-refractivity contribution in [2.75, 3.05) is 33.4 Å². The van der Waals surface area contributed by atoms with Gasteiger partial charge in [0.15, 0.2) is 5.60 Å². The van der Waals surface area contributed by atoms with E-state index < -0.39 is 11.0 Å². The van der Waals surface area contributed by atoms with Gasteiger partial charge in [0.05, 0.1) is 12.0 Å². The van der Waals surface area contributed by atoms with Crippen LogP contribution in [0.2, 0.25) is 0 Å². The molecular weight excluding hydrogens is 332 g/mol. The van der Waals surface area contributed by atoms with Gasteiger partial charge in [-0.3, -0.25) is 9.59 Å². The van der Waals surface area contributed by atoms with Crippen molar-refractivity contribution in [2.24, 2.45) is 5.41 Å². The smallest absolute Gasteiger partial charge is 0.255 e. The van der Waals surface area contributed by atoms with Crippen LogP contribution in [-0.4, -0.2) is 55.7 Å². The van der Waals surface area contributed by atoms with Crippen LogP contribution in [0.3, 0.4) is 0 Å². The number of rotatable bonds is 5. The predicted octanol–water partition coefficient (Wildman–Crippen LogP) is 1.74. The van der Waals surface area contributed by atoms with E-state index in [1.54, 1.807) is 11.9 Å². The molecule has 1 aromatic carbocycles. The van der Waals surface area contributed by atoms with E-state index >= 15 is 0 Å². The Hall–Kier alpha value is -1.92. The van der Waals surface area contributed by atoms with Crippen molar-refractivity contribution in [1.82, 2.24) is 10.2 Å². The summed E-state index contributed by atoms with van der Waals surface area (Å²) in [6.45, 7) is 4.36. The molecule has 0 spiro atoms. The van der Waals surface area contributed by atoms with Crippen molar-refractivity contribution < 1.29 is 19.1 Å². The van der Waals surface area contributed by atoms with Crippen molar-refractivity contribution in [3.63, 3.8) is 0 Å². The first kappa shape index (κ1) is 18.9. The number of hydrogen-bond donors (Lipinski definition) is 1. The van der Waals surface area contributed by atoms with E-state index in [0.717, 1.165) is 5.56 Å². The second-order valence-electron chi connectivity index (χ2n) is 7.50. The summed E-state index contributed by atoms with van der Waals surface area (Å²) in [5, 5.41) is 2.71. The molecule has 0 saturated carbocycles. The Kier molecular flexibility index (Phi) is 5.63. The lowest BCUT2D eigenvalue weighted by molar-refractivity contribution is -0.173. The fourth-order valence-electron chi connectivity index (χ4n) is 3.83. The second-order valence-corrected chi connectivity index (χ2v) is 7.50. The summed E-state index contributed by atoms with van der Waals surface area (Å²) < 4.78 is 11.7. The Morgan fingerprint density at radius 1 is 1.19 bits per heavy atom. The molecule has 0 radical (unpaired) electrons. The van der Waals surface area contributed by atoms with E-state index in [2.05, 4.69) is 5.32 Å². The average Bonchev–Trinajstić information content (AvgIpc) is 3.10. The van der Waals surface area contributed by atoms with E-state index in [9.17, 15) is 9.59 Å². The van der Waals surface area contributed by atoms with Gasteiger partial charge in [0.25, 0.3) is 5.91 Å². The van der Waals surface area contributed by atoms with Crippen molar-refractivity contribution in [3.8, 4) is 0 Å². The van der Waals surface area contributed by atoms with Gasteiger partial charge in [-0.25, -0.2) is 0 Å². The van der Waals surface area contributed by atoms with Crippen molar-refractivity contribution >= 4 is 11.8 Å². The third-order valence-corrected chi connectivity index (χ3v) is 5.58. The molecule has 3 rings (SSSR count). The summed E-state index contributed by atoms with van der Waals surface area (Å²) in [6.07, 6.45) is 1.77.